The summed E-state index contributed by atoms with van der Waals surface area (Å²) in [5.41, 5.74) is 1.81. The fraction of sp³-hybridized carbons (Fsp3) is 0.143. The van der Waals surface area contributed by atoms with Crippen molar-refractivity contribution in [1.82, 2.24) is 14.4 Å². The van der Waals surface area contributed by atoms with Crippen molar-refractivity contribution in [2.45, 2.75) is 4.90 Å². The first-order chi connectivity index (χ1) is 10.4. The molecule has 0 N–H and O–H groups in total. The minimum absolute atomic E-state index is 0.191. The highest BCUT2D eigenvalue weighted by Crippen LogP contribution is 2.32. The lowest BCUT2D eigenvalue weighted by atomic mass is 10.1. The Morgan fingerprint density at radius 3 is 2.73 bits per heavy atom. The fourth-order valence-corrected chi connectivity index (χ4v) is 2.96. The maximum Gasteiger partial charge on any atom is 0.175 e. The molecule has 2 aromatic heterocycles. The topological polar surface area (TPSA) is 73.6 Å². The van der Waals surface area contributed by atoms with E-state index in [1.165, 1.54) is 19.2 Å². The van der Waals surface area contributed by atoms with E-state index in [2.05, 4.69) is 9.97 Å². The molecule has 8 heteroatoms. The minimum atomic E-state index is -3.30. The van der Waals surface area contributed by atoms with Crippen LogP contribution in [0.4, 0.5) is 0 Å². The van der Waals surface area contributed by atoms with Crippen LogP contribution in [0.3, 0.4) is 0 Å². The van der Waals surface area contributed by atoms with Crippen LogP contribution < -0.4 is 4.74 Å². The van der Waals surface area contributed by atoms with Crippen LogP contribution in [-0.4, -0.2) is 36.2 Å². The van der Waals surface area contributed by atoms with Crippen LogP contribution in [-0.2, 0) is 9.84 Å². The maximum atomic E-state index is 11.6. The van der Waals surface area contributed by atoms with E-state index >= 15 is 0 Å². The van der Waals surface area contributed by atoms with E-state index in [0.29, 0.717) is 27.8 Å². The highest BCUT2D eigenvalue weighted by atomic mass is 35.5. The Hall–Kier alpha value is -2.12. The lowest BCUT2D eigenvalue weighted by molar-refractivity contribution is 0.415. The SMILES string of the molecule is COc1cc(S(C)(=O)=O)ccc1-c1cn2ccnc(Cl)c2n1. The Balaban J connectivity index is 2.20. The molecule has 22 heavy (non-hydrogen) atoms. The number of hydrogen-bond donors (Lipinski definition) is 0. The smallest absolute Gasteiger partial charge is 0.175 e. The highest BCUT2D eigenvalue weighted by Gasteiger charge is 2.15. The Kier molecular flexibility index (Phi) is 3.54. The fourth-order valence-electron chi connectivity index (χ4n) is 2.13. The van der Waals surface area contributed by atoms with Crippen molar-refractivity contribution in [2.75, 3.05) is 13.4 Å². The Bertz CT molecular complexity index is 967. The summed E-state index contributed by atoms with van der Waals surface area (Å²) in [6, 6.07) is 4.67. The molecule has 3 aromatic rings. The zero-order valence-corrected chi connectivity index (χ0v) is 13.4. The van der Waals surface area contributed by atoms with E-state index < -0.39 is 9.84 Å². The lowest BCUT2D eigenvalue weighted by Gasteiger charge is -2.08. The molecule has 0 amide bonds. The third-order valence-electron chi connectivity index (χ3n) is 3.21. The number of rotatable bonds is 3. The zero-order chi connectivity index (χ0) is 15.9. The number of methoxy groups -OCH3 is 1. The molecule has 0 spiro atoms. The van der Waals surface area contributed by atoms with Crippen molar-refractivity contribution in [3.05, 3.63) is 41.9 Å². The second-order valence-electron chi connectivity index (χ2n) is 4.71. The third-order valence-corrected chi connectivity index (χ3v) is 4.59. The van der Waals surface area contributed by atoms with Gasteiger partial charge in [0.2, 0.25) is 0 Å². The second-order valence-corrected chi connectivity index (χ2v) is 7.08. The van der Waals surface area contributed by atoms with Crippen molar-refractivity contribution < 1.29 is 13.2 Å². The van der Waals surface area contributed by atoms with Gasteiger partial charge in [-0.1, -0.05) is 11.6 Å². The number of aromatic nitrogens is 3. The number of ether oxygens (including phenoxy) is 1. The standard InChI is InChI=1S/C14H12ClN3O3S/c1-21-12-7-9(22(2,19)20)3-4-10(12)11-8-18-6-5-16-13(15)14(18)17-11/h3-8H,1-2H3. The molecule has 3 rings (SSSR count). The molecule has 6 nitrogen and oxygen atoms in total. The van der Waals surface area contributed by atoms with Gasteiger partial charge in [-0.3, -0.25) is 0 Å². The van der Waals surface area contributed by atoms with Gasteiger partial charge in [-0.25, -0.2) is 18.4 Å². The maximum absolute atomic E-state index is 11.6. The predicted octanol–water partition coefficient (Wildman–Crippen LogP) is 2.46. The van der Waals surface area contributed by atoms with Gasteiger partial charge in [0, 0.05) is 30.4 Å². The van der Waals surface area contributed by atoms with E-state index in [9.17, 15) is 8.42 Å². The quantitative estimate of drug-likeness (QED) is 0.734. The summed E-state index contributed by atoms with van der Waals surface area (Å²) >= 11 is 6.01. The summed E-state index contributed by atoms with van der Waals surface area (Å²) in [7, 11) is -1.82. The van der Waals surface area contributed by atoms with Gasteiger partial charge in [0.05, 0.1) is 17.7 Å². The molecule has 0 unspecified atom stereocenters. The molecule has 0 saturated carbocycles. The number of halogens is 1. The number of imidazole rings is 1. The Morgan fingerprint density at radius 2 is 2.09 bits per heavy atom. The van der Waals surface area contributed by atoms with E-state index in [1.807, 2.05) is 0 Å². The summed E-state index contributed by atoms with van der Waals surface area (Å²) in [6.07, 6.45) is 6.23. The minimum Gasteiger partial charge on any atom is -0.496 e. The van der Waals surface area contributed by atoms with Gasteiger partial charge in [-0.05, 0) is 18.2 Å². The molecule has 114 valence electrons. The molecule has 0 saturated heterocycles. The summed E-state index contributed by atoms with van der Waals surface area (Å²) < 4.78 is 30.3. The van der Waals surface area contributed by atoms with Crippen LogP contribution in [0.1, 0.15) is 0 Å². The van der Waals surface area contributed by atoms with Gasteiger partial charge >= 0.3 is 0 Å². The predicted molar refractivity (Wildman–Crippen MR) is 83.1 cm³/mol. The molecular formula is C14H12ClN3O3S. The zero-order valence-electron chi connectivity index (χ0n) is 11.8. The monoisotopic (exact) mass is 337 g/mol. The second kappa shape index (κ2) is 5.26. The number of fused-ring (bicyclic) bond motifs is 1. The number of hydrogen-bond acceptors (Lipinski definition) is 5. The van der Waals surface area contributed by atoms with Crippen LogP contribution in [0.5, 0.6) is 5.75 Å². The normalized spacial score (nSPS) is 11.8. The molecule has 0 atom stereocenters. The van der Waals surface area contributed by atoms with Gasteiger partial charge < -0.3 is 9.14 Å². The summed E-state index contributed by atoms with van der Waals surface area (Å²) in [4.78, 5) is 8.59. The van der Waals surface area contributed by atoms with Crippen molar-refractivity contribution in [3.8, 4) is 17.0 Å². The largest absolute Gasteiger partial charge is 0.496 e. The van der Waals surface area contributed by atoms with Crippen molar-refractivity contribution in [2.24, 2.45) is 0 Å². The first kappa shape index (κ1) is 14.8. The van der Waals surface area contributed by atoms with Crippen LogP contribution in [0.15, 0.2) is 41.7 Å². The summed E-state index contributed by atoms with van der Waals surface area (Å²) in [6.45, 7) is 0. The summed E-state index contributed by atoms with van der Waals surface area (Å²) in [5.74, 6) is 0.426. The van der Waals surface area contributed by atoms with Gasteiger partial charge in [-0.2, -0.15) is 0 Å². The average molecular weight is 338 g/mol. The van der Waals surface area contributed by atoms with Crippen LogP contribution in [0.25, 0.3) is 16.9 Å². The van der Waals surface area contributed by atoms with Crippen molar-refractivity contribution in [1.29, 1.82) is 0 Å². The van der Waals surface area contributed by atoms with E-state index in [0.717, 1.165) is 6.26 Å². The van der Waals surface area contributed by atoms with E-state index in [1.54, 1.807) is 29.1 Å². The summed E-state index contributed by atoms with van der Waals surface area (Å²) in [5, 5.41) is 0.292. The average Bonchev–Trinajstić information content (AvgIpc) is 2.91. The molecule has 0 aliphatic heterocycles. The lowest BCUT2D eigenvalue weighted by Crippen LogP contribution is -1.98. The van der Waals surface area contributed by atoms with E-state index in [4.69, 9.17) is 16.3 Å². The van der Waals surface area contributed by atoms with Crippen LogP contribution in [0.2, 0.25) is 5.15 Å². The Labute approximate surface area is 132 Å². The first-order valence-electron chi connectivity index (χ1n) is 6.28. The molecular weight excluding hydrogens is 326 g/mol. The van der Waals surface area contributed by atoms with Crippen LogP contribution in [0, 0.1) is 0 Å². The van der Waals surface area contributed by atoms with Gasteiger partial charge in [0.1, 0.15) is 5.75 Å². The van der Waals surface area contributed by atoms with Gasteiger partial charge in [0.15, 0.2) is 20.6 Å². The number of sulfone groups is 1. The molecule has 0 fully saturated rings. The highest BCUT2D eigenvalue weighted by molar-refractivity contribution is 7.90. The van der Waals surface area contributed by atoms with Gasteiger partial charge in [-0.15, -0.1) is 0 Å². The third kappa shape index (κ3) is 2.53. The number of nitrogens with zero attached hydrogens (tertiary/aromatic N) is 3. The van der Waals surface area contributed by atoms with Crippen molar-refractivity contribution >= 4 is 27.1 Å². The van der Waals surface area contributed by atoms with Gasteiger partial charge in [0.25, 0.3) is 0 Å². The first-order valence-corrected chi connectivity index (χ1v) is 8.55. The Morgan fingerprint density at radius 1 is 1.32 bits per heavy atom. The molecule has 0 bridgehead atoms. The number of benzene rings is 1. The molecule has 0 radical (unpaired) electrons. The van der Waals surface area contributed by atoms with E-state index in [-0.39, 0.29) is 4.90 Å². The van der Waals surface area contributed by atoms with Crippen LogP contribution >= 0.6 is 11.6 Å². The molecule has 0 aliphatic carbocycles. The molecule has 2 heterocycles. The van der Waals surface area contributed by atoms with Crippen molar-refractivity contribution in [3.63, 3.8) is 0 Å². The molecule has 1 aromatic carbocycles. The molecule has 0 aliphatic rings.